The van der Waals surface area contributed by atoms with E-state index in [1.54, 1.807) is 18.5 Å². The first kappa shape index (κ1) is 31.1. The number of nitrogens with zero attached hydrogens (tertiary/aromatic N) is 2. The summed E-state index contributed by atoms with van der Waals surface area (Å²) in [6.45, 7) is 6.96. The van der Waals surface area contributed by atoms with Gasteiger partial charge in [0.05, 0.1) is 5.52 Å². The van der Waals surface area contributed by atoms with E-state index in [1.165, 1.54) is 116 Å². The standard InChI is InChI=1S/C24H51P.C6H5N3/c1-4-7-10-13-16-19-22-25(23-20-17-14-11-8-5-2)24-21-18-15-12-9-6-3;1-2-4-6-5(3-1)7-9-8-6/h4-24H2,1-3H3;1-4H,(H,7,8,9). The van der Waals surface area contributed by atoms with Gasteiger partial charge in [0.2, 0.25) is 0 Å². The number of hydrogen-bond acceptors (Lipinski definition) is 2. The first-order valence-electron chi connectivity index (χ1n) is 14.8. The Bertz CT molecular complexity index is 589. The fraction of sp³-hybridized carbons (Fsp3) is 0.800. The molecule has 0 bridgehead atoms. The Hall–Kier alpha value is -0.950. The van der Waals surface area contributed by atoms with Crippen molar-refractivity contribution in [1.29, 1.82) is 0 Å². The second kappa shape index (κ2) is 23.8. The van der Waals surface area contributed by atoms with E-state index < -0.39 is 0 Å². The van der Waals surface area contributed by atoms with E-state index in [1.807, 2.05) is 24.3 Å². The van der Waals surface area contributed by atoms with Crippen LogP contribution in [0.15, 0.2) is 24.3 Å². The van der Waals surface area contributed by atoms with E-state index in [4.69, 9.17) is 0 Å². The van der Waals surface area contributed by atoms with Crippen LogP contribution < -0.4 is 0 Å². The van der Waals surface area contributed by atoms with E-state index in [2.05, 4.69) is 36.2 Å². The molecule has 0 aliphatic carbocycles. The van der Waals surface area contributed by atoms with Gasteiger partial charge in [-0.3, -0.25) is 5.10 Å². The molecule has 0 spiro atoms. The lowest BCUT2D eigenvalue weighted by Gasteiger charge is -2.18. The van der Waals surface area contributed by atoms with E-state index in [-0.39, 0.29) is 0 Å². The van der Waals surface area contributed by atoms with Crippen molar-refractivity contribution in [2.75, 3.05) is 18.5 Å². The summed E-state index contributed by atoms with van der Waals surface area (Å²) in [6, 6.07) is 7.74. The highest BCUT2D eigenvalue weighted by molar-refractivity contribution is 7.57. The molecule has 1 aromatic carbocycles. The van der Waals surface area contributed by atoms with Gasteiger partial charge in [-0.25, -0.2) is 0 Å². The lowest BCUT2D eigenvalue weighted by Crippen LogP contribution is -1.97. The first-order valence-corrected chi connectivity index (χ1v) is 16.7. The second-order valence-corrected chi connectivity index (χ2v) is 12.7. The molecule has 0 fully saturated rings. The second-order valence-electron chi connectivity index (χ2n) is 9.97. The first-order chi connectivity index (χ1) is 16.8. The number of hydrogen-bond donors (Lipinski definition) is 1. The molecular formula is C30H56N3P. The third-order valence-corrected chi connectivity index (χ3v) is 9.56. The summed E-state index contributed by atoms with van der Waals surface area (Å²) >= 11 is 0. The molecule has 2 aromatic rings. The number of nitrogens with one attached hydrogen (secondary N) is 1. The molecule has 196 valence electrons. The van der Waals surface area contributed by atoms with Gasteiger partial charge in [0.25, 0.3) is 0 Å². The number of H-pyrrole nitrogens is 1. The van der Waals surface area contributed by atoms with Crippen molar-refractivity contribution in [3.05, 3.63) is 24.3 Å². The van der Waals surface area contributed by atoms with Gasteiger partial charge in [0.1, 0.15) is 5.52 Å². The van der Waals surface area contributed by atoms with Crippen molar-refractivity contribution in [3.63, 3.8) is 0 Å². The van der Waals surface area contributed by atoms with Crippen LogP contribution in [0.3, 0.4) is 0 Å². The number of rotatable bonds is 21. The molecule has 3 nitrogen and oxygen atoms in total. The average molecular weight is 490 g/mol. The van der Waals surface area contributed by atoms with Gasteiger partial charge in [0, 0.05) is 0 Å². The van der Waals surface area contributed by atoms with Gasteiger partial charge in [-0.15, -0.1) is 13.0 Å². The zero-order valence-electron chi connectivity index (χ0n) is 23.0. The van der Waals surface area contributed by atoms with Gasteiger partial charge in [0.15, 0.2) is 0 Å². The summed E-state index contributed by atoms with van der Waals surface area (Å²) in [6.07, 6.45) is 31.2. The van der Waals surface area contributed by atoms with E-state index in [0.717, 1.165) is 11.0 Å². The molecule has 0 aliphatic rings. The zero-order valence-corrected chi connectivity index (χ0v) is 23.9. The van der Waals surface area contributed by atoms with Gasteiger partial charge in [-0.1, -0.05) is 134 Å². The van der Waals surface area contributed by atoms with Crippen LogP contribution in [0.4, 0.5) is 0 Å². The summed E-state index contributed by atoms with van der Waals surface area (Å²) < 4.78 is 0. The molecule has 34 heavy (non-hydrogen) atoms. The Morgan fingerprint density at radius 3 is 1.41 bits per heavy atom. The number of aromatic amines is 1. The van der Waals surface area contributed by atoms with Crippen LogP contribution in [0.25, 0.3) is 11.0 Å². The number of benzene rings is 1. The van der Waals surface area contributed by atoms with Crippen LogP contribution in [0, 0.1) is 0 Å². The SMILES string of the molecule is CCCCCCCCP(CCCCCCCC)CCCCCCCC.c1ccc2[nH]nnc2c1. The van der Waals surface area contributed by atoms with Crippen LogP contribution in [-0.4, -0.2) is 33.9 Å². The minimum Gasteiger partial charge on any atom is -0.258 e. The van der Waals surface area contributed by atoms with Crippen molar-refractivity contribution in [1.82, 2.24) is 15.4 Å². The fourth-order valence-electron chi connectivity index (χ4n) is 4.47. The lowest BCUT2D eigenvalue weighted by molar-refractivity contribution is 0.617. The van der Waals surface area contributed by atoms with E-state index in [0.29, 0.717) is 7.92 Å². The molecule has 1 aromatic heterocycles. The summed E-state index contributed by atoms with van der Waals surface area (Å²) in [5.41, 5.74) is 1.90. The maximum absolute atomic E-state index is 3.81. The Morgan fingerprint density at radius 1 is 0.559 bits per heavy atom. The maximum atomic E-state index is 3.81. The largest absolute Gasteiger partial charge is 0.258 e. The topological polar surface area (TPSA) is 41.6 Å². The quantitative estimate of drug-likeness (QED) is 0.140. The van der Waals surface area contributed by atoms with E-state index >= 15 is 0 Å². The molecule has 4 heteroatoms. The Labute approximate surface area is 213 Å². The molecule has 0 saturated heterocycles. The molecule has 0 atom stereocenters. The highest BCUT2D eigenvalue weighted by atomic mass is 31.1. The normalized spacial score (nSPS) is 11.2. The third-order valence-electron chi connectivity index (χ3n) is 6.72. The summed E-state index contributed by atoms with van der Waals surface area (Å²) in [4.78, 5) is 0. The molecule has 0 amide bonds. The number of para-hydroxylation sites is 1. The van der Waals surface area contributed by atoms with Crippen LogP contribution in [-0.2, 0) is 0 Å². The maximum Gasteiger partial charge on any atom is 0.112 e. The van der Waals surface area contributed by atoms with Crippen molar-refractivity contribution in [2.24, 2.45) is 0 Å². The summed E-state index contributed by atoms with van der Waals surface area (Å²) in [7, 11) is 0.366. The van der Waals surface area contributed by atoms with E-state index in [9.17, 15) is 0 Å². The van der Waals surface area contributed by atoms with Crippen LogP contribution in [0.1, 0.15) is 136 Å². The predicted molar refractivity (Wildman–Crippen MR) is 156 cm³/mol. The Morgan fingerprint density at radius 2 is 0.971 bits per heavy atom. The molecule has 1 N–H and O–H groups in total. The molecule has 0 unspecified atom stereocenters. The molecule has 0 saturated carbocycles. The molecule has 0 radical (unpaired) electrons. The monoisotopic (exact) mass is 489 g/mol. The Kier molecular flexibility index (Phi) is 21.7. The number of aromatic nitrogens is 3. The Balaban J connectivity index is 0.000000521. The minimum absolute atomic E-state index is 0.366. The predicted octanol–water partition coefficient (Wildman–Crippen LogP) is 10.5. The van der Waals surface area contributed by atoms with Gasteiger partial charge >= 0.3 is 0 Å². The molecule has 0 aliphatic heterocycles. The molecular weight excluding hydrogens is 433 g/mol. The summed E-state index contributed by atoms with van der Waals surface area (Å²) in [5, 5.41) is 10.2. The smallest absolute Gasteiger partial charge is 0.112 e. The molecule has 2 rings (SSSR count). The molecule has 1 heterocycles. The van der Waals surface area contributed by atoms with Crippen LogP contribution in [0.2, 0.25) is 0 Å². The summed E-state index contributed by atoms with van der Waals surface area (Å²) in [5.74, 6) is 0. The van der Waals surface area contributed by atoms with Gasteiger partial charge in [-0.05, 0) is 49.9 Å². The number of unbranched alkanes of at least 4 members (excludes halogenated alkanes) is 15. The lowest BCUT2D eigenvalue weighted by atomic mass is 10.1. The van der Waals surface area contributed by atoms with Gasteiger partial charge < -0.3 is 0 Å². The highest BCUT2D eigenvalue weighted by Crippen LogP contribution is 2.39. The highest BCUT2D eigenvalue weighted by Gasteiger charge is 2.07. The third kappa shape index (κ3) is 17.5. The minimum atomic E-state index is 0.366. The van der Waals surface area contributed by atoms with Crippen molar-refractivity contribution in [3.8, 4) is 0 Å². The van der Waals surface area contributed by atoms with Gasteiger partial charge in [-0.2, -0.15) is 0 Å². The van der Waals surface area contributed by atoms with Crippen LogP contribution >= 0.6 is 7.92 Å². The van der Waals surface area contributed by atoms with Crippen molar-refractivity contribution >= 4 is 19.0 Å². The van der Waals surface area contributed by atoms with Crippen molar-refractivity contribution < 1.29 is 0 Å². The zero-order chi connectivity index (χ0) is 24.5. The van der Waals surface area contributed by atoms with Crippen molar-refractivity contribution in [2.45, 2.75) is 136 Å². The number of fused-ring (bicyclic) bond motifs is 1. The van der Waals surface area contributed by atoms with Crippen LogP contribution in [0.5, 0.6) is 0 Å². The average Bonchev–Trinajstić information content (AvgIpc) is 3.34. The fourth-order valence-corrected chi connectivity index (χ4v) is 7.15.